The minimum absolute atomic E-state index is 0.0440. The third-order valence-corrected chi connectivity index (χ3v) is 8.85. The molecule has 0 amide bonds. The zero-order valence-corrected chi connectivity index (χ0v) is 20.4. The Balaban J connectivity index is 1.56. The predicted octanol–water partition coefficient (Wildman–Crippen LogP) is 4.02. The van der Waals surface area contributed by atoms with Gasteiger partial charge in [-0.05, 0) is 54.2 Å². The zero-order chi connectivity index (χ0) is 24.9. The molecule has 0 aliphatic heterocycles. The van der Waals surface area contributed by atoms with E-state index in [1.807, 2.05) is 37.3 Å². The van der Waals surface area contributed by atoms with E-state index in [-0.39, 0.29) is 41.7 Å². The smallest absolute Gasteiger partial charge is 0.309 e. The van der Waals surface area contributed by atoms with Gasteiger partial charge in [0.05, 0.1) is 18.5 Å². The summed E-state index contributed by atoms with van der Waals surface area (Å²) in [5.41, 5.74) is 1.30. The van der Waals surface area contributed by atoms with Crippen LogP contribution in [0.25, 0.3) is 10.9 Å². The van der Waals surface area contributed by atoms with E-state index in [0.29, 0.717) is 25.7 Å². The Morgan fingerprint density at radius 3 is 2.63 bits per heavy atom. The molecule has 0 N–H and O–H groups in total. The average molecular weight is 478 g/mol. The number of benzene rings is 1. The first kappa shape index (κ1) is 23.6. The summed E-state index contributed by atoms with van der Waals surface area (Å²) in [6.07, 6.45) is 3.24. The van der Waals surface area contributed by atoms with Crippen LogP contribution >= 0.6 is 0 Å². The largest absolute Gasteiger partial charge is 0.469 e. The van der Waals surface area contributed by atoms with Crippen LogP contribution in [0.4, 0.5) is 0 Å². The van der Waals surface area contributed by atoms with Gasteiger partial charge in [-0.25, -0.2) is 0 Å². The summed E-state index contributed by atoms with van der Waals surface area (Å²) in [6, 6.07) is 9.86. The zero-order valence-electron chi connectivity index (χ0n) is 20.4. The minimum Gasteiger partial charge on any atom is -0.469 e. The number of pyridine rings is 1. The summed E-state index contributed by atoms with van der Waals surface area (Å²) in [5.74, 6) is -2.54. The summed E-state index contributed by atoms with van der Waals surface area (Å²) in [4.78, 5) is 56.4. The average Bonchev–Trinajstić information content (AvgIpc) is 2.84. The van der Waals surface area contributed by atoms with Crippen LogP contribution in [0.2, 0.25) is 0 Å². The maximum absolute atomic E-state index is 13.8. The molecule has 2 aromatic rings. The Bertz CT molecular complexity index is 1200. The van der Waals surface area contributed by atoms with E-state index in [1.54, 1.807) is 6.20 Å². The van der Waals surface area contributed by atoms with Gasteiger partial charge in [0.25, 0.3) is 0 Å². The lowest BCUT2D eigenvalue weighted by atomic mass is 9.46. The van der Waals surface area contributed by atoms with Gasteiger partial charge < -0.3 is 9.47 Å². The fourth-order valence-corrected chi connectivity index (χ4v) is 7.32. The molecule has 0 radical (unpaired) electrons. The maximum Gasteiger partial charge on any atom is 0.309 e. The van der Waals surface area contributed by atoms with Crippen molar-refractivity contribution in [1.82, 2.24) is 4.98 Å². The number of ether oxygens (including phenoxy) is 2. The van der Waals surface area contributed by atoms with Crippen molar-refractivity contribution >= 4 is 34.4 Å². The topological polar surface area (TPSA) is 99.6 Å². The molecule has 5 rings (SSSR count). The molecule has 0 saturated heterocycles. The predicted molar refractivity (Wildman–Crippen MR) is 127 cm³/mol. The lowest BCUT2D eigenvalue weighted by Crippen LogP contribution is -2.60. The second-order valence-electron chi connectivity index (χ2n) is 10.6. The van der Waals surface area contributed by atoms with Gasteiger partial charge in [-0.1, -0.05) is 25.1 Å². The molecule has 3 fully saturated rings. The number of aromatic nitrogens is 1. The number of methoxy groups -OCH3 is 1. The van der Waals surface area contributed by atoms with E-state index in [4.69, 9.17) is 9.47 Å². The third kappa shape index (κ3) is 3.85. The highest BCUT2D eigenvalue weighted by Gasteiger charge is 2.62. The second kappa shape index (κ2) is 8.85. The molecule has 1 heterocycles. The van der Waals surface area contributed by atoms with Crippen molar-refractivity contribution in [3.05, 3.63) is 42.1 Å². The molecule has 1 aromatic carbocycles. The van der Waals surface area contributed by atoms with Crippen LogP contribution in [-0.4, -0.2) is 41.7 Å². The van der Waals surface area contributed by atoms with Gasteiger partial charge in [0, 0.05) is 43.2 Å². The molecule has 35 heavy (non-hydrogen) atoms. The number of fused-ring (bicyclic) bond motifs is 4. The molecule has 3 aliphatic carbocycles. The SMILES string of the molecule is COC(=O)[C@@H]1C[C@H](OC(C)=O)C(=O)[C@@H]2[C@H]3C[C@@H](c4ccnc5ccccc45)CC(=O)[C@@H]3CC[C@]21C. The summed E-state index contributed by atoms with van der Waals surface area (Å²) < 4.78 is 10.5. The van der Waals surface area contributed by atoms with Crippen molar-refractivity contribution in [3.63, 3.8) is 0 Å². The molecule has 0 spiro atoms. The monoisotopic (exact) mass is 477 g/mol. The lowest BCUT2D eigenvalue weighted by Gasteiger charge is -2.56. The van der Waals surface area contributed by atoms with Crippen LogP contribution in [0.5, 0.6) is 0 Å². The van der Waals surface area contributed by atoms with Crippen molar-refractivity contribution in [2.75, 3.05) is 7.11 Å². The van der Waals surface area contributed by atoms with Gasteiger partial charge in [0.2, 0.25) is 0 Å². The summed E-state index contributed by atoms with van der Waals surface area (Å²) in [6.45, 7) is 3.25. The third-order valence-electron chi connectivity index (χ3n) is 8.85. The van der Waals surface area contributed by atoms with Crippen LogP contribution in [0.1, 0.15) is 57.4 Å². The van der Waals surface area contributed by atoms with E-state index in [9.17, 15) is 19.2 Å². The number of rotatable bonds is 3. The second-order valence-corrected chi connectivity index (χ2v) is 10.6. The Morgan fingerprint density at radius 1 is 1.11 bits per heavy atom. The molecular formula is C28H31NO6. The maximum atomic E-state index is 13.8. The van der Waals surface area contributed by atoms with Gasteiger partial charge in [0.15, 0.2) is 11.9 Å². The van der Waals surface area contributed by atoms with Crippen LogP contribution < -0.4 is 0 Å². The lowest BCUT2D eigenvalue weighted by molar-refractivity contribution is -0.183. The van der Waals surface area contributed by atoms with E-state index in [0.717, 1.165) is 16.5 Å². The molecule has 7 heteroatoms. The van der Waals surface area contributed by atoms with Crippen LogP contribution in [0.3, 0.4) is 0 Å². The number of para-hydroxylation sites is 1. The van der Waals surface area contributed by atoms with Crippen molar-refractivity contribution in [2.45, 2.75) is 58.0 Å². The fraction of sp³-hybridized carbons (Fsp3) is 0.536. The first-order chi connectivity index (χ1) is 16.7. The Labute approximate surface area is 204 Å². The highest BCUT2D eigenvalue weighted by atomic mass is 16.5. The van der Waals surface area contributed by atoms with Crippen LogP contribution in [0, 0.1) is 29.1 Å². The molecule has 3 saturated carbocycles. The molecule has 1 aromatic heterocycles. The number of hydrogen-bond acceptors (Lipinski definition) is 7. The Kier molecular flexibility index (Phi) is 5.98. The van der Waals surface area contributed by atoms with Crippen molar-refractivity contribution in [2.24, 2.45) is 29.1 Å². The van der Waals surface area contributed by atoms with Crippen LogP contribution in [-0.2, 0) is 28.7 Å². The molecular weight excluding hydrogens is 446 g/mol. The summed E-state index contributed by atoms with van der Waals surface area (Å²) in [5, 5.41) is 1.02. The number of ketones is 2. The molecule has 3 aliphatic rings. The van der Waals surface area contributed by atoms with Gasteiger partial charge in [0.1, 0.15) is 5.78 Å². The van der Waals surface area contributed by atoms with Crippen molar-refractivity contribution in [3.8, 4) is 0 Å². The standard InChI is InChI=1S/C28H31NO6/c1-15(30)35-24-14-21(27(33)34-3)28(2)10-8-19-20(25(28)26(24)32)12-16(13-23(19)31)17-9-11-29-22-7-5-4-6-18(17)22/h4-7,9,11,16,19-21,24-25H,8,10,12-14H2,1-3H3/t16-,19-,20+,21+,24+,25+,28+/m1/s1. The number of esters is 2. The number of carbonyl (C=O) groups excluding carboxylic acids is 4. The van der Waals surface area contributed by atoms with E-state index < -0.39 is 29.3 Å². The number of nitrogens with zero attached hydrogens (tertiary/aromatic N) is 1. The first-order valence-corrected chi connectivity index (χ1v) is 12.4. The van der Waals surface area contributed by atoms with Gasteiger partial charge in [-0.2, -0.15) is 0 Å². The Morgan fingerprint density at radius 2 is 1.89 bits per heavy atom. The van der Waals surface area contributed by atoms with E-state index >= 15 is 0 Å². The first-order valence-electron chi connectivity index (χ1n) is 12.4. The molecule has 0 bridgehead atoms. The molecule has 7 atom stereocenters. The highest BCUT2D eigenvalue weighted by molar-refractivity contribution is 5.93. The normalized spacial score (nSPS) is 34.6. The summed E-state index contributed by atoms with van der Waals surface area (Å²) in [7, 11) is 1.35. The number of Topliss-reactive ketones (excluding diaryl/α,β-unsaturated/α-hetero) is 2. The van der Waals surface area contributed by atoms with Gasteiger partial charge in [-0.15, -0.1) is 0 Å². The molecule has 184 valence electrons. The number of carbonyl (C=O) groups is 4. The van der Waals surface area contributed by atoms with Crippen molar-refractivity contribution < 1.29 is 28.7 Å². The molecule has 0 unspecified atom stereocenters. The Hall–Kier alpha value is -3.09. The van der Waals surface area contributed by atoms with Crippen LogP contribution in [0.15, 0.2) is 36.5 Å². The van der Waals surface area contributed by atoms with Gasteiger partial charge in [-0.3, -0.25) is 24.2 Å². The fourth-order valence-electron chi connectivity index (χ4n) is 7.32. The van der Waals surface area contributed by atoms with Crippen molar-refractivity contribution in [1.29, 1.82) is 0 Å². The molecule has 7 nitrogen and oxygen atoms in total. The summed E-state index contributed by atoms with van der Waals surface area (Å²) >= 11 is 0. The highest BCUT2D eigenvalue weighted by Crippen LogP contribution is 2.60. The van der Waals surface area contributed by atoms with E-state index in [2.05, 4.69) is 4.98 Å². The number of hydrogen-bond donors (Lipinski definition) is 0. The van der Waals surface area contributed by atoms with E-state index in [1.165, 1.54) is 14.0 Å². The quantitative estimate of drug-likeness (QED) is 0.616. The van der Waals surface area contributed by atoms with Gasteiger partial charge >= 0.3 is 11.9 Å². The minimum atomic E-state index is -0.995.